The summed E-state index contributed by atoms with van der Waals surface area (Å²) >= 11 is 1.50. The minimum Gasteiger partial charge on any atom is -0.497 e. The highest BCUT2D eigenvalue weighted by molar-refractivity contribution is 7.07. The van der Waals surface area contributed by atoms with Crippen LogP contribution in [0, 0.1) is 0 Å². The van der Waals surface area contributed by atoms with Crippen LogP contribution in [0.2, 0.25) is 0 Å². The predicted molar refractivity (Wildman–Crippen MR) is 113 cm³/mol. The van der Waals surface area contributed by atoms with Gasteiger partial charge in [0.15, 0.2) is 0 Å². The minimum atomic E-state index is -0.634. The maximum Gasteiger partial charge on any atom is 0.247 e. The summed E-state index contributed by atoms with van der Waals surface area (Å²) in [6, 6.07) is 14.0. The van der Waals surface area contributed by atoms with Crippen molar-refractivity contribution < 1.29 is 14.3 Å². The van der Waals surface area contributed by atoms with E-state index in [0.717, 1.165) is 17.1 Å². The van der Waals surface area contributed by atoms with Crippen LogP contribution in [0.25, 0.3) is 0 Å². The number of thiazole rings is 1. The summed E-state index contributed by atoms with van der Waals surface area (Å²) in [7, 11) is 1.59. The number of carbonyl (C=O) groups is 2. The summed E-state index contributed by atoms with van der Waals surface area (Å²) in [4.78, 5) is 31.8. The number of methoxy groups -OCH3 is 1. The average Bonchev–Trinajstić information content (AvgIpc) is 3.24. The normalized spacial score (nSPS) is 15.4. The van der Waals surface area contributed by atoms with Crippen LogP contribution in [-0.4, -0.2) is 29.9 Å². The molecule has 0 unspecified atom stereocenters. The number of hydrogen-bond donors (Lipinski definition) is 2. The van der Waals surface area contributed by atoms with E-state index in [1.54, 1.807) is 36.9 Å². The van der Waals surface area contributed by atoms with Gasteiger partial charge in [-0.15, -0.1) is 11.3 Å². The Kier molecular flexibility index (Phi) is 5.44. The maximum absolute atomic E-state index is 12.8. The second-order valence-corrected chi connectivity index (χ2v) is 7.33. The van der Waals surface area contributed by atoms with E-state index in [9.17, 15) is 9.59 Å². The van der Waals surface area contributed by atoms with Crippen LogP contribution in [0.1, 0.15) is 12.1 Å². The van der Waals surface area contributed by atoms with E-state index < -0.39 is 6.04 Å². The van der Waals surface area contributed by atoms with Gasteiger partial charge in [0.2, 0.25) is 11.8 Å². The first kappa shape index (κ1) is 18.9. The molecule has 3 aromatic rings. The lowest BCUT2D eigenvalue weighted by Crippen LogP contribution is -2.49. The fourth-order valence-electron chi connectivity index (χ4n) is 3.31. The number of amides is 2. The lowest BCUT2D eigenvalue weighted by molar-refractivity contribution is -0.122. The van der Waals surface area contributed by atoms with Crippen molar-refractivity contribution in [1.82, 2.24) is 4.98 Å². The zero-order valence-electron chi connectivity index (χ0n) is 15.8. The zero-order valence-corrected chi connectivity index (χ0v) is 16.6. The second-order valence-electron chi connectivity index (χ2n) is 6.61. The lowest BCUT2D eigenvalue weighted by Gasteiger charge is -2.37. The number of rotatable bonds is 6. The van der Waals surface area contributed by atoms with E-state index in [2.05, 4.69) is 15.6 Å². The molecule has 29 heavy (non-hydrogen) atoms. The van der Waals surface area contributed by atoms with Gasteiger partial charge >= 0.3 is 0 Å². The number of ether oxygens (including phenoxy) is 1. The SMILES string of the molecule is COc1ccc(NC(=O)C[C@H]2C(=O)Nc3ccccc3N2Cc2cscn2)cc1. The molecule has 1 aliphatic rings. The van der Waals surface area contributed by atoms with Crippen molar-refractivity contribution in [2.45, 2.75) is 19.0 Å². The molecule has 0 spiro atoms. The molecular formula is C21H20N4O3S. The highest BCUT2D eigenvalue weighted by atomic mass is 32.1. The van der Waals surface area contributed by atoms with Gasteiger partial charge < -0.3 is 20.3 Å². The maximum atomic E-state index is 12.8. The molecule has 2 heterocycles. The average molecular weight is 408 g/mol. The van der Waals surface area contributed by atoms with Gasteiger partial charge in [-0.05, 0) is 36.4 Å². The third-order valence-electron chi connectivity index (χ3n) is 4.72. The molecule has 0 radical (unpaired) electrons. The molecule has 0 fully saturated rings. The highest BCUT2D eigenvalue weighted by Crippen LogP contribution is 2.34. The number of hydrogen-bond acceptors (Lipinski definition) is 6. The number of fused-ring (bicyclic) bond motifs is 1. The van der Waals surface area contributed by atoms with E-state index in [-0.39, 0.29) is 18.2 Å². The van der Waals surface area contributed by atoms with Gasteiger partial charge in [0.1, 0.15) is 11.8 Å². The standard InChI is InChI=1S/C21H20N4O3S/c1-28-16-8-6-14(7-9-16)23-20(26)10-19-21(27)24-17-4-2-3-5-18(17)25(19)11-15-12-29-13-22-15/h2-9,12-13,19H,10-11H2,1H3,(H,23,26)(H,24,27)/t19-/m0/s1. The van der Waals surface area contributed by atoms with Crippen molar-refractivity contribution in [3.05, 3.63) is 65.1 Å². The van der Waals surface area contributed by atoms with Crippen LogP contribution in [0.3, 0.4) is 0 Å². The number of nitrogens with zero attached hydrogens (tertiary/aromatic N) is 2. The first-order valence-electron chi connectivity index (χ1n) is 9.11. The van der Waals surface area contributed by atoms with Crippen LogP contribution < -0.4 is 20.3 Å². The summed E-state index contributed by atoms with van der Waals surface area (Å²) < 4.78 is 5.13. The number of carbonyl (C=O) groups excluding carboxylic acids is 2. The van der Waals surface area contributed by atoms with Crippen molar-refractivity contribution in [3.63, 3.8) is 0 Å². The van der Waals surface area contributed by atoms with Crippen LogP contribution >= 0.6 is 11.3 Å². The third kappa shape index (κ3) is 4.22. The van der Waals surface area contributed by atoms with E-state index in [4.69, 9.17) is 4.74 Å². The Morgan fingerprint density at radius 2 is 2.03 bits per heavy atom. The number of benzene rings is 2. The quantitative estimate of drug-likeness (QED) is 0.652. The molecule has 1 aliphatic heterocycles. The van der Waals surface area contributed by atoms with Crippen molar-refractivity contribution >= 4 is 40.2 Å². The van der Waals surface area contributed by atoms with Crippen molar-refractivity contribution in [2.75, 3.05) is 22.6 Å². The van der Waals surface area contributed by atoms with Crippen LogP contribution in [-0.2, 0) is 16.1 Å². The zero-order chi connectivity index (χ0) is 20.2. The predicted octanol–water partition coefficient (Wildman–Crippen LogP) is 3.51. The fourth-order valence-corrected chi connectivity index (χ4v) is 3.86. The van der Waals surface area contributed by atoms with Gasteiger partial charge in [-0.2, -0.15) is 0 Å². The Bertz CT molecular complexity index is 1010. The molecule has 0 saturated carbocycles. The minimum absolute atomic E-state index is 0.0241. The van der Waals surface area contributed by atoms with Gasteiger partial charge in [0, 0.05) is 11.1 Å². The van der Waals surface area contributed by atoms with E-state index >= 15 is 0 Å². The number of nitrogens with one attached hydrogen (secondary N) is 2. The lowest BCUT2D eigenvalue weighted by atomic mass is 10.0. The topological polar surface area (TPSA) is 83.6 Å². The van der Waals surface area contributed by atoms with E-state index in [0.29, 0.717) is 18.0 Å². The summed E-state index contributed by atoms with van der Waals surface area (Å²) in [6.45, 7) is 0.453. The largest absolute Gasteiger partial charge is 0.497 e. The number of anilines is 3. The summed E-state index contributed by atoms with van der Waals surface area (Å²) in [5.74, 6) is 0.266. The van der Waals surface area contributed by atoms with Gasteiger partial charge in [0.05, 0.1) is 42.7 Å². The number of para-hydroxylation sites is 2. The van der Waals surface area contributed by atoms with E-state index in [1.165, 1.54) is 11.3 Å². The molecule has 0 bridgehead atoms. The molecule has 7 nitrogen and oxygen atoms in total. The highest BCUT2D eigenvalue weighted by Gasteiger charge is 2.34. The first-order chi connectivity index (χ1) is 14.1. The van der Waals surface area contributed by atoms with Gasteiger partial charge in [-0.1, -0.05) is 12.1 Å². The molecule has 1 atom stereocenters. The van der Waals surface area contributed by atoms with Crippen LogP contribution in [0.4, 0.5) is 17.1 Å². The Morgan fingerprint density at radius 3 is 2.76 bits per heavy atom. The molecule has 2 amide bonds. The Morgan fingerprint density at radius 1 is 1.24 bits per heavy atom. The molecule has 0 saturated heterocycles. The fraction of sp³-hybridized carbons (Fsp3) is 0.190. The Hall–Kier alpha value is -3.39. The Balaban J connectivity index is 1.54. The van der Waals surface area contributed by atoms with Crippen LogP contribution in [0.5, 0.6) is 5.75 Å². The third-order valence-corrected chi connectivity index (χ3v) is 5.35. The van der Waals surface area contributed by atoms with Crippen molar-refractivity contribution in [3.8, 4) is 5.75 Å². The molecule has 0 aliphatic carbocycles. The monoisotopic (exact) mass is 408 g/mol. The van der Waals surface area contributed by atoms with Crippen LogP contribution in [0.15, 0.2) is 59.4 Å². The molecule has 1 aromatic heterocycles. The van der Waals surface area contributed by atoms with Crippen molar-refractivity contribution in [1.29, 1.82) is 0 Å². The summed E-state index contributed by atoms with van der Waals surface area (Å²) in [6.07, 6.45) is 0.0241. The molecular weight excluding hydrogens is 388 g/mol. The molecule has 4 rings (SSSR count). The van der Waals surface area contributed by atoms with Crippen molar-refractivity contribution in [2.24, 2.45) is 0 Å². The van der Waals surface area contributed by atoms with E-state index in [1.807, 2.05) is 34.5 Å². The summed E-state index contributed by atoms with van der Waals surface area (Å²) in [5.41, 5.74) is 4.89. The molecule has 8 heteroatoms. The molecule has 2 N–H and O–H groups in total. The molecule has 2 aromatic carbocycles. The first-order valence-corrected chi connectivity index (χ1v) is 10.1. The smallest absolute Gasteiger partial charge is 0.247 e. The summed E-state index contributed by atoms with van der Waals surface area (Å²) in [5, 5.41) is 7.71. The van der Waals surface area contributed by atoms with Gasteiger partial charge in [0.25, 0.3) is 0 Å². The number of aromatic nitrogens is 1. The van der Waals surface area contributed by atoms with Gasteiger partial charge in [-0.25, -0.2) is 4.98 Å². The van der Waals surface area contributed by atoms with Gasteiger partial charge in [-0.3, -0.25) is 9.59 Å². The Labute approximate surface area is 172 Å². The molecule has 148 valence electrons. The second kappa shape index (κ2) is 8.32.